The summed E-state index contributed by atoms with van der Waals surface area (Å²) in [6, 6.07) is 16.3. The highest BCUT2D eigenvalue weighted by Gasteiger charge is 2.16. The van der Waals surface area contributed by atoms with E-state index in [9.17, 15) is 17.1 Å². The maximum absolute atomic E-state index is 13.2. The van der Waals surface area contributed by atoms with Crippen LogP contribution in [-0.4, -0.2) is 24.4 Å². The van der Waals surface area contributed by atoms with Crippen molar-refractivity contribution in [2.75, 3.05) is 22.1 Å². The Labute approximate surface area is 232 Å². The number of nitrogens with two attached hydrogens (primary N) is 2. The van der Waals surface area contributed by atoms with E-state index in [0.29, 0.717) is 38.3 Å². The van der Waals surface area contributed by atoms with Crippen LogP contribution in [0.15, 0.2) is 76.5 Å². The van der Waals surface area contributed by atoms with Gasteiger partial charge in [-0.1, -0.05) is 35.3 Å². The first-order valence-corrected chi connectivity index (χ1v) is 13.8. The van der Waals surface area contributed by atoms with E-state index in [1.54, 1.807) is 42.5 Å². The number of nitrogens with one attached hydrogen (secondary N) is 2. The van der Waals surface area contributed by atoms with Gasteiger partial charge in [0.2, 0.25) is 5.95 Å². The summed E-state index contributed by atoms with van der Waals surface area (Å²) in [6.45, 7) is 0. The molecule has 0 radical (unpaired) electrons. The van der Waals surface area contributed by atoms with E-state index in [-0.39, 0.29) is 17.5 Å². The number of amides is 2. The minimum absolute atomic E-state index is 0.0436. The van der Waals surface area contributed by atoms with Crippen molar-refractivity contribution in [3.05, 3.63) is 82.5 Å². The lowest BCUT2D eigenvalue weighted by Gasteiger charge is -2.13. The molecule has 196 valence electrons. The monoisotopic (exact) mass is 592 g/mol. The van der Waals surface area contributed by atoms with E-state index in [1.165, 1.54) is 23.9 Å². The summed E-state index contributed by atoms with van der Waals surface area (Å²) >= 11 is 13.7. The van der Waals surface area contributed by atoms with Crippen LogP contribution in [0.1, 0.15) is 5.69 Å². The summed E-state index contributed by atoms with van der Waals surface area (Å²) in [5, 5.41) is 5.86. The summed E-state index contributed by atoms with van der Waals surface area (Å²) in [4.78, 5) is 21.0. The molecule has 1 heterocycles. The third kappa shape index (κ3) is 6.84. The van der Waals surface area contributed by atoms with Gasteiger partial charge in [0.05, 0.1) is 15.7 Å². The average molecular weight is 593 g/mol. The SMILES string of the molecule is Nc1nc(N)c(-c2ccc(Cl)c(Cl)c2)c(CSc2ccc(NC(=O)Nc3cccc(S(=O)(=O)F)c3)cc2)n1. The van der Waals surface area contributed by atoms with Crippen LogP contribution in [0.3, 0.4) is 0 Å². The molecule has 0 bridgehead atoms. The zero-order valence-corrected chi connectivity index (χ0v) is 22.4. The van der Waals surface area contributed by atoms with Gasteiger partial charge in [0.15, 0.2) is 0 Å². The van der Waals surface area contributed by atoms with Crippen molar-refractivity contribution in [2.24, 2.45) is 0 Å². The van der Waals surface area contributed by atoms with Crippen molar-refractivity contribution in [1.29, 1.82) is 0 Å². The molecule has 0 saturated heterocycles. The second kappa shape index (κ2) is 11.4. The summed E-state index contributed by atoms with van der Waals surface area (Å²) in [6.07, 6.45) is 0. The van der Waals surface area contributed by atoms with Gasteiger partial charge in [0, 0.05) is 27.6 Å². The third-order valence-electron chi connectivity index (χ3n) is 5.10. The van der Waals surface area contributed by atoms with E-state index in [4.69, 9.17) is 34.7 Å². The lowest BCUT2D eigenvalue weighted by molar-refractivity contribution is 0.262. The number of nitrogen functional groups attached to an aromatic ring is 2. The minimum Gasteiger partial charge on any atom is -0.383 e. The van der Waals surface area contributed by atoms with Crippen LogP contribution in [0.2, 0.25) is 10.0 Å². The van der Waals surface area contributed by atoms with Gasteiger partial charge in [-0.2, -0.15) is 13.4 Å². The fourth-order valence-corrected chi connectivity index (χ4v) is 5.07. The molecule has 0 fully saturated rings. The Morgan fingerprint density at radius 3 is 2.32 bits per heavy atom. The van der Waals surface area contributed by atoms with Crippen LogP contribution in [0.5, 0.6) is 0 Å². The van der Waals surface area contributed by atoms with Gasteiger partial charge in [-0.3, -0.25) is 0 Å². The van der Waals surface area contributed by atoms with Crippen molar-refractivity contribution in [2.45, 2.75) is 15.5 Å². The molecule has 0 spiro atoms. The van der Waals surface area contributed by atoms with Gasteiger partial charge >= 0.3 is 16.3 Å². The maximum Gasteiger partial charge on any atom is 0.332 e. The van der Waals surface area contributed by atoms with Gasteiger partial charge in [-0.15, -0.1) is 15.6 Å². The molecule has 6 N–H and O–H groups in total. The molecule has 0 saturated carbocycles. The fraction of sp³-hybridized carbons (Fsp3) is 0.0417. The number of hydrogen-bond donors (Lipinski definition) is 4. The molecule has 0 aliphatic rings. The largest absolute Gasteiger partial charge is 0.383 e. The number of nitrogens with zero attached hydrogens (tertiary/aromatic N) is 2. The number of halogens is 3. The summed E-state index contributed by atoms with van der Waals surface area (Å²) in [5.74, 6) is 0.668. The Morgan fingerprint density at radius 2 is 1.63 bits per heavy atom. The second-order valence-electron chi connectivity index (χ2n) is 7.78. The first kappa shape index (κ1) is 27.5. The molecule has 0 aliphatic carbocycles. The first-order chi connectivity index (χ1) is 18.0. The Bertz CT molecular complexity index is 1620. The molecule has 0 unspecified atom stereocenters. The number of benzene rings is 3. The number of thioether (sulfide) groups is 1. The van der Waals surface area contributed by atoms with Gasteiger partial charge < -0.3 is 22.1 Å². The number of carbonyl (C=O) groups is 1. The molecule has 0 atom stereocenters. The smallest absolute Gasteiger partial charge is 0.332 e. The van der Waals surface area contributed by atoms with Crippen molar-refractivity contribution >= 4 is 74.4 Å². The van der Waals surface area contributed by atoms with Crippen LogP contribution in [-0.2, 0) is 16.0 Å². The van der Waals surface area contributed by atoms with E-state index >= 15 is 0 Å². The number of hydrogen-bond acceptors (Lipinski definition) is 8. The number of anilines is 4. The summed E-state index contributed by atoms with van der Waals surface area (Å²) in [7, 11) is -4.88. The van der Waals surface area contributed by atoms with Gasteiger partial charge in [-0.05, 0) is 60.2 Å². The maximum atomic E-state index is 13.2. The second-order valence-corrected chi connectivity index (χ2v) is 11.0. The molecule has 4 aromatic rings. The van der Waals surface area contributed by atoms with Crippen LogP contribution in [0.25, 0.3) is 11.1 Å². The molecule has 2 amide bonds. The molecule has 0 aliphatic heterocycles. The standard InChI is InChI=1S/C24H19Cl2FN6O3S2/c25-18-9-4-13(10-19(18)26)21-20(32-23(29)33-22(21)28)12-37-16-7-5-14(6-8-16)30-24(34)31-15-2-1-3-17(11-15)38(27,35)36/h1-11H,12H2,(H2,30,31,34)(H4,28,29,32,33). The van der Waals surface area contributed by atoms with E-state index < -0.39 is 21.1 Å². The molecular weight excluding hydrogens is 574 g/mol. The highest BCUT2D eigenvalue weighted by molar-refractivity contribution is 7.98. The normalized spacial score (nSPS) is 11.2. The van der Waals surface area contributed by atoms with Crippen molar-refractivity contribution < 1.29 is 17.1 Å². The summed E-state index contributed by atoms with van der Waals surface area (Å²) in [5.41, 5.74) is 14.5. The number of carbonyl (C=O) groups excluding carboxylic acids is 1. The highest BCUT2D eigenvalue weighted by atomic mass is 35.5. The van der Waals surface area contributed by atoms with Crippen LogP contribution >= 0.6 is 35.0 Å². The zero-order valence-electron chi connectivity index (χ0n) is 19.3. The van der Waals surface area contributed by atoms with E-state index in [0.717, 1.165) is 17.0 Å². The molecule has 1 aromatic heterocycles. The molecule has 38 heavy (non-hydrogen) atoms. The quantitative estimate of drug-likeness (QED) is 0.146. The number of aromatic nitrogens is 2. The molecule has 4 rings (SSSR count). The highest BCUT2D eigenvalue weighted by Crippen LogP contribution is 2.35. The van der Waals surface area contributed by atoms with Crippen molar-refractivity contribution in [3.63, 3.8) is 0 Å². The predicted octanol–water partition coefficient (Wildman–Crippen LogP) is 6.21. The molecule has 3 aromatic carbocycles. The number of rotatable bonds is 7. The average Bonchev–Trinajstić information content (AvgIpc) is 2.85. The molecular formula is C24H19Cl2FN6O3S2. The van der Waals surface area contributed by atoms with Crippen molar-refractivity contribution in [1.82, 2.24) is 9.97 Å². The lowest BCUT2D eigenvalue weighted by Crippen LogP contribution is -2.19. The van der Waals surface area contributed by atoms with E-state index in [2.05, 4.69) is 20.6 Å². The van der Waals surface area contributed by atoms with Crippen LogP contribution < -0.4 is 22.1 Å². The van der Waals surface area contributed by atoms with E-state index in [1.807, 2.05) is 0 Å². The molecule has 14 heteroatoms. The molecule has 9 nitrogen and oxygen atoms in total. The first-order valence-electron chi connectivity index (χ1n) is 10.7. The predicted molar refractivity (Wildman–Crippen MR) is 150 cm³/mol. The van der Waals surface area contributed by atoms with Crippen LogP contribution in [0, 0.1) is 0 Å². The minimum atomic E-state index is -4.88. The van der Waals surface area contributed by atoms with Crippen molar-refractivity contribution in [3.8, 4) is 11.1 Å². The van der Waals surface area contributed by atoms with Crippen LogP contribution in [0.4, 0.5) is 31.8 Å². The Balaban J connectivity index is 1.43. The summed E-state index contributed by atoms with van der Waals surface area (Å²) < 4.78 is 35.3. The van der Waals surface area contributed by atoms with Gasteiger partial charge in [0.1, 0.15) is 10.7 Å². The van der Waals surface area contributed by atoms with Gasteiger partial charge in [0.25, 0.3) is 0 Å². The zero-order chi connectivity index (χ0) is 27.4. The Kier molecular flexibility index (Phi) is 8.26. The Morgan fingerprint density at radius 1 is 0.921 bits per heavy atom. The van der Waals surface area contributed by atoms with Gasteiger partial charge in [-0.25, -0.2) is 9.78 Å². The Hall–Kier alpha value is -3.58. The number of urea groups is 1. The third-order valence-corrected chi connectivity index (χ3v) is 7.68. The topological polar surface area (TPSA) is 153 Å². The fourth-order valence-electron chi connectivity index (χ4n) is 3.42. The lowest BCUT2D eigenvalue weighted by atomic mass is 10.1.